The van der Waals surface area contributed by atoms with Crippen LogP contribution >= 0.6 is 0 Å². The molecule has 0 aliphatic carbocycles. The molecule has 2 aromatic carbocycles. The molecule has 0 amide bonds. The third-order valence-corrected chi connectivity index (χ3v) is 3.01. The maximum Gasteiger partial charge on any atom is 0.261 e. The van der Waals surface area contributed by atoms with E-state index in [4.69, 9.17) is 0 Å². The van der Waals surface area contributed by atoms with Gasteiger partial charge in [0, 0.05) is 17.8 Å². The number of hydrogen-bond donors (Lipinski definition) is 0. The van der Waals surface area contributed by atoms with Crippen LogP contribution in [0.3, 0.4) is 0 Å². The Morgan fingerprint density at radius 1 is 0.778 bits per heavy atom. The predicted molar refractivity (Wildman–Crippen MR) is 65.5 cm³/mol. The van der Waals surface area contributed by atoms with Crippen molar-refractivity contribution in [2.24, 2.45) is 7.05 Å². The molecule has 5 heteroatoms. The van der Waals surface area contributed by atoms with Crippen molar-refractivity contribution in [3.05, 3.63) is 65.4 Å². The molecule has 0 aliphatic heterocycles. The molecule has 0 spiro atoms. The van der Waals surface area contributed by atoms with Gasteiger partial charge in [-0.15, -0.1) is 0 Å². The number of benzene rings is 1. The number of nitrogens with zero attached hydrogens (tertiary/aromatic N) is 1. The lowest BCUT2D eigenvalue weighted by molar-refractivity contribution is 0.856. The van der Waals surface area contributed by atoms with Crippen LogP contribution in [-0.2, 0) is 7.05 Å². The lowest BCUT2D eigenvalue weighted by Crippen LogP contribution is -2.20. The summed E-state index contributed by atoms with van der Waals surface area (Å²) in [6.45, 7) is 0. The third-order valence-electron chi connectivity index (χ3n) is 3.01. The van der Waals surface area contributed by atoms with Crippen LogP contribution in [0.25, 0.3) is 21.5 Å². The number of hydrogen-bond acceptors (Lipinski definition) is 4. The molecule has 0 bridgehead atoms. The Morgan fingerprint density at radius 2 is 1.17 bits per heavy atom. The van der Waals surface area contributed by atoms with E-state index in [0.29, 0.717) is 0 Å². The first kappa shape index (κ1) is 10.4. The first-order valence-corrected chi connectivity index (χ1v) is 5.12. The van der Waals surface area contributed by atoms with Crippen molar-refractivity contribution in [3.63, 3.8) is 0 Å². The van der Waals surface area contributed by atoms with E-state index in [1.165, 1.54) is 19.2 Å². The normalized spacial score (nSPS) is 10.9. The van der Waals surface area contributed by atoms with E-state index in [0.717, 1.165) is 4.57 Å². The summed E-state index contributed by atoms with van der Waals surface area (Å²) >= 11 is 0. The van der Waals surface area contributed by atoms with Crippen molar-refractivity contribution >= 4 is 21.5 Å². The molecule has 0 unspecified atom stereocenters. The van der Waals surface area contributed by atoms with E-state index in [9.17, 15) is 19.2 Å². The van der Waals surface area contributed by atoms with Gasteiger partial charge in [-0.25, -0.2) is 0 Å². The predicted octanol–water partition coefficient (Wildman–Crippen LogP) is -0.752. The van der Waals surface area contributed by atoms with Gasteiger partial charge in [0.25, 0.3) is 11.1 Å². The van der Waals surface area contributed by atoms with Gasteiger partial charge in [0.2, 0.25) is 10.9 Å². The van der Waals surface area contributed by atoms with Crippen LogP contribution in [0.1, 0.15) is 0 Å². The van der Waals surface area contributed by atoms with Crippen molar-refractivity contribution < 1.29 is 0 Å². The maximum atomic E-state index is 11.8. The minimum atomic E-state index is -0.512. The Hall–Kier alpha value is -2.74. The lowest BCUT2D eigenvalue weighted by atomic mass is 10.1. The summed E-state index contributed by atoms with van der Waals surface area (Å²) in [5.41, 5.74) is -1.97. The quantitative estimate of drug-likeness (QED) is 0.517. The van der Waals surface area contributed by atoms with Crippen LogP contribution in [0, 0.1) is 12.1 Å². The number of rotatable bonds is 0. The molecule has 0 fully saturated rings. The van der Waals surface area contributed by atoms with Crippen molar-refractivity contribution in [3.8, 4) is 0 Å². The Morgan fingerprint density at radius 3 is 1.56 bits per heavy atom. The zero-order valence-corrected chi connectivity index (χ0v) is 9.23. The summed E-state index contributed by atoms with van der Waals surface area (Å²) in [6.07, 6.45) is 0. The minimum Gasteiger partial charge on any atom is -0.279 e. The molecule has 0 atom stereocenters. The molecule has 18 heavy (non-hydrogen) atoms. The zero-order valence-electron chi connectivity index (χ0n) is 9.23. The van der Waals surface area contributed by atoms with E-state index in [1.54, 1.807) is 0 Å². The average molecular weight is 239 g/mol. The van der Waals surface area contributed by atoms with Crippen molar-refractivity contribution in [2.75, 3.05) is 0 Å². The highest BCUT2D eigenvalue weighted by atomic mass is 16.2. The Bertz CT molecular complexity index is 923. The van der Waals surface area contributed by atoms with Gasteiger partial charge < -0.3 is 0 Å². The van der Waals surface area contributed by atoms with E-state index in [2.05, 4.69) is 12.1 Å². The molecule has 3 aromatic rings. The van der Waals surface area contributed by atoms with Crippen molar-refractivity contribution in [1.29, 1.82) is 0 Å². The first-order chi connectivity index (χ1) is 8.50. The number of fused-ring (bicyclic) bond motifs is 2. The Balaban J connectivity index is 2.78. The Labute approximate surface area is 99.2 Å². The largest absolute Gasteiger partial charge is 0.279 e. The van der Waals surface area contributed by atoms with Crippen LogP contribution in [0.4, 0.5) is 0 Å². The van der Waals surface area contributed by atoms with Crippen LogP contribution in [-0.4, -0.2) is 4.57 Å². The first-order valence-electron chi connectivity index (χ1n) is 5.12. The smallest absolute Gasteiger partial charge is 0.261 e. The zero-order chi connectivity index (χ0) is 13.0. The van der Waals surface area contributed by atoms with Crippen molar-refractivity contribution in [1.82, 2.24) is 4.57 Å². The van der Waals surface area contributed by atoms with Gasteiger partial charge >= 0.3 is 0 Å². The Kier molecular flexibility index (Phi) is 1.82. The molecular formula is C13H5NO4. The number of aromatic nitrogens is 1. The average Bonchev–Trinajstić information content (AvgIpc) is 2.58. The van der Waals surface area contributed by atoms with Gasteiger partial charge in [0.15, 0.2) is 0 Å². The van der Waals surface area contributed by atoms with E-state index >= 15 is 0 Å². The molecule has 1 aromatic heterocycles. The third kappa shape index (κ3) is 1.12. The summed E-state index contributed by atoms with van der Waals surface area (Å²) in [5, 5.41) is 0.472. The van der Waals surface area contributed by atoms with Gasteiger partial charge in [-0.05, 0) is 24.3 Å². The molecule has 0 N–H and O–H groups in total. The highest BCUT2D eigenvalue weighted by molar-refractivity contribution is 5.97. The van der Waals surface area contributed by atoms with Crippen LogP contribution < -0.4 is 22.0 Å². The molecule has 86 valence electrons. The van der Waals surface area contributed by atoms with Crippen LogP contribution in [0.15, 0.2) is 31.3 Å². The molecule has 3 rings (SSSR count). The molecule has 5 nitrogen and oxygen atoms in total. The van der Waals surface area contributed by atoms with E-state index in [-0.39, 0.29) is 21.5 Å². The van der Waals surface area contributed by atoms with Crippen LogP contribution in [0.2, 0.25) is 0 Å². The summed E-state index contributed by atoms with van der Waals surface area (Å²) in [5.74, 6) is 0. The molecule has 1 heterocycles. The molecule has 0 aliphatic rings. The summed E-state index contributed by atoms with van der Waals surface area (Å²) in [7, 11) is 1.35. The second kappa shape index (κ2) is 3.14. The maximum absolute atomic E-state index is 11.8. The molecule has 0 saturated heterocycles. The fraction of sp³-hybridized carbons (Fsp3) is 0.0769. The van der Waals surface area contributed by atoms with Gasteiger partial charge in [-0.1, -0.05) is 0 Å². The molecule has 0 saturated carbocycles. The second-order valence-corrected chi connectivity index (χ2v) is 4.02. The summed E-state index contributed by atoms with van der Waals surface area (Å²) < 4.78 is 0.950. The lowest BCUT2D eigenvalue weighted by Gasteiger charge is -1.91. The fourth-order valence-electron chi connectivity index (χ4n) is 2.03. The van der Waals surface area contributed by atoms with Crippen molar-refractivity contribution in [2.45, 2.75) is 0 Å². The second-order valence-electron chi connectivity index (χ2n) is 4.02. The molecule has 0 radical (unpaired) electrons. The van der Waals surface area contributed by atoms with Gasteiger partial charge in [-0.3, -0.25) is 23.7 Å². The monoisotopic (exact) mass is 239 g/mol. The van der Waals surface area contributed by atoms with E-state index < -0.39 is 22.0 Å². The SMILES string of the molecule is Cn1c(=O)c2cc3c(=O)c#cc(=O)c3cc2c1=O. The van der Waals surface area contributed by atoms with Gasteiger partial charge in [-0.2, -0.15) is 0 Å². The van der Waals surface area contributed by atoms with Gasteiger partial charge in [0.05, 0.1) is 10.8 Å². The molecular weight excluding hydrogens is 234 g/mol. The minimum absolute atomic E-state index is 0.0916. The van der Waals surface area contributed by atoms with Crippen LogP contribution in [0.5, 0.6) is 0 Å². The highest BCUT2D eigenvalue weighted by Gasteiger charge is 2.13. The fourth-order valence-corrected chi connectivity index (χ4v) is 2.03. The highest BCUT2D eigenvalue weighted by Crippen LogP contribution is 2.12. The topological polar surface area (TPSA) is 73.2 Å². The summed E-state index contributed by atoms with van der Waals surface area (Å²) in [4.78, 5) is 46.6. The standard InChI is InChI=1S/C13H5NO4/c1-14-12(17)8-4-6-7(5-9(8)13(14)18)11(16)3-2-10(6)15/h4-5H,1H3. The van der Waals surface area contributed by atoms with E-state index in [1.807, 2.05) is 0 Å². The van der Waals surface area contributed by atoms with Gasteiger partial charge in [0.1, 0.15) is 0 Å². The summed E-state index contributed by atoms with van der Waals surface area (Å²) in [6, 6.07) is 6.90.